The van der Waals surface area contributed by atoms with Crippen LogP contribution in [0.4, 0.5) is 5.69 Å². The minimum Gasteiger partial charge on any atom is -0.492 e. The molecule has 10 heteroatoms. The van der Waals surface area contributed by atoms with Crippen LogP contribution in [-0.2, 0) is 14.8 Å². The summed E-state index contributed by atoms with van der Waals surface area (Å²) in [6, 6.07) is 18.5. The van der Waals surface area contributed by atoms with Crippen molar-refractivity contribution in [1.29, 1.82) is 0 Å². The Kier molecular flexibility index (Phi) is 8.50. The number of para-hydroxylation sites is 2. The first-order chi connectivity index (χ1) is 17.8. The van der Waals surface area contributed by atoms with Gasteiger partial charge in [0.05, 0.1) is 23.2 Å². The number of ether oxygens (including phenoxy) is 3. The van der Waals surface area contributed by atoms with E-state index in [2.05, 4.69) is 5.32 Å². The number of hydrogen-bond donors (Lipinski definition) is 1. The van der Waals surface area contributed by atoms with Crippen LogP contribution in [0.25, 0.3) is 0 Å². The zero-order valence-electron chi connectivity index (χ0n) is 21.0. The third-order valence-electron chi connectivity index (χ3n) is 5.81. The fraction of sp³-hybridized carbons (Fsp3) is 0.296. The summed E-state index contributed by atoms with van der Waals surface area (Å²) in [5.74, 6) is 1.19. The third-order valence-corrected chi connectivity index (χ3v) is 8.33. The standard InChI is InChI=1S/C27H30N2O6S2/c1-4-33-24-8-6-5-7-23(24)29(37(31,32)22-12-10-21(36-3)11-13-22)18-27(30)28-19(2)20-9-14-25-26(17-20)35-16-15-34-25/h5-14,17,19H,4,15-16,18H2,1-3H3,(H,28,30)/t19-/m1/s1. The number of anilines is 1. The number of carbonyl (C=O) groups is 1. The van der Waals surface area contributed by atoms with Gasteiger partial charge >= 0.3 is 0 Å². The lowest BCUT2D eigenvalue weighted by molar-refractivity contribution is -0.120. The van der Waals surface area contributed by atoms with Crippen LogP contribution < -0.4 is 23.8 Å². The molecule has 1 aliphatic rings. The molecular weight excluding hydrogens is 512 g/mol. The Labute approximate surface area is 222 Å². The van der Waals surface area contributed by atoms with Crippen LogP contribution in [0.1, 0.15) is 25.5 Å². The van der Waals surface area contributed by atoms with E-state index in [9.17, 15) is 13.2 Å². The van der Waals surface area contributed by atoms with Crippen molar-refractivity contribution in [3.8, 4) is 17.2 Å². The topological polar surface area (TPSA) is 94.2 Å². The Hall–Kier alpha value is -3.37. The molecule has 0 aromatic heterocycles. The van der Waals surface area contributed by atoms with E-state index in [1.54, 1.807) is 54.6 Å². The van der Waals surface area contributed by atoms with Crippen LogP contribution in [0.15, 0.2) is 76.5 Å². The Balaban J connectivity index is 1.62. The molecule has 1 N–H and O–H groups in total. The number of hydrogen-bond acceptors (Lipinski definition) is 7. The highest BCUT2D eigenvalue weighted by Gasteiger charge is 2.30. The van der Waals surface area contributed by atoms with E-state index in [-0.39, 0.29) is 4.90 Å². The molecule has 0 fully saturated rings. The average Bonchev–Trinajstić information content (AvgIpc) is 2.92. The molecule has 196 valence electrons. The fourth-order valence-electron chi connectivity index (χ4n) is 3.95. The summed E-state index contributed by atoms with van der Waals surface area (Å²) in [6.45, 7) is 4.52. The summed E-state index contributed by atoms with van der Waals surface area (Å²) in [5.41, 5.74) is 1.11. The maximum Gasteiger partial charge on any atom is 0.264 e. The normalized spacial score (nSPS) is 13.5. The molecular formula is C27H30N2O6S2. The van der Waals surface area contributed by atoms with Crippen molar-refractivity contribution in [2.45, 2.75) is 29.7 Å². The van der Waals surface area contributed by atoms with Gasteiger partial charge in [-0.05, 0) is 74.2 Å². The Morgan fingerprint density at radius 2 is 1.76 bits per heavy atom. The maximum absolute atomic E-state index is 13.8. The van der Waals surface area contributed by atoms with Crippen molar-refractivity contribution >= 4 is 33.4 Å². The lowest BCUT2D eigenvalue weighted by Crippen LogP contribution is -2.41. The minimum atomic E-state index is -4.08. The summed E-state index contributed by atoms with van der Waals surface area (Å²) in [4.78, 5) is 14.3. The first-order valence-electron chi connectivity index (χ1n) is 11.9. The molecule has 37 heavy (non-hydrogen) atoms. The molecule has 4 rings (SSSR count). The number of amides is 1. The third kappa shape index (κ3) is 6.14. The SMILES string of the molecule is CCOc1ccccc1N(CC(=O)N[C@H](C)c1ccc2c(c1)OCCO2)S(=O)(=O)c1ccc(SC)cc1. The largest absolute Gasteiger partial charge is 0.492 e. The molecule has 3 aromatic carbocycles. The van der Waals surface area contributed by atoms with E-state index in [0.717, 1.165) is 14.8 Å². The van der Waals surface area contributed by atoms with Crippen molar-refractivity contribution in [1.82, 2.24) is 5.32 Å². The van der Waals surface area contributed by atoms with Gasteiger partial charge in [-0.1, -0.05) is 18.2 Å². The van der Waals surface area contributed by atoms with Crippen LogP contribution in [0.5, 0.6) is 17.2 Å². The highest BCUT2D eigenvalue weighted by atomic mass is 32.2. The van der Waals surface area contributed by atoms with Crippen molar-refractivity contribution in [2.24, 2.45) is 0 Å². The molecule has 1 aliphatic heterocycles. The molecule has 0 saturated heterocycles. The second kappa shape index (κ2) is 11.8. The fourth-order valence-corrected chi connectivity index (χ4v) is 5.79. The summed E-state index contributed by atoms with van der Waals surface area (Å²) in [6.07, 6.45) is 1.92. The van der Waals surface area contributed by atoms with Crippen LogP contribution in [0.2, 0.25) is 0 Å². The van der Waals surface area contributed by atoms with Gasteiger partial charge in [-0.25, -0.2) is 8.42 Å². The lowest BCUT2D eigenvalue weighted by Gasteiger charge is -2.27. The Bertz CT molecular complexity index is 1350. The van der Waals surface area contributed by atoms with Crippen molar-refractivity contribution in [3.05, 3.63) is 72.3 Å². The van der Waals surface area contributed by atoms with Gasteiger partial charge < -0.3 is 19.5 Å². The smallest absolute Gasteiger partial charge is 0.264 e. The summed E-state index contributed by atoms with van der Waals surface area (Å²) < 4.78 is 45.6. The van der Waals surface area contributed by atoms with Crippen LogP contribution in [-0.4, -0.2) is 46.9 Å². The minimum absolute atomic E-state index is 0.0873. The van der Waals surface area contributed by atoms with Crippen LogP contribution in [0, 0.1) is 0 Å². The van der Waals surface area contributed by atoms with E-state index in [0.29, 0.717) is 42.8 Å². The quantitative estimate of drug-likeness (QED) is 0.373. The first-order valence-corrected chi connectivity index (χ1v) is 14.6. The molecule has 0 unspecified atom stereocenters. The summed E-state index contributed by atoms with van der Waals surface area (Å²) >= 11 is 1.52. The number of rotatable bonds is 10. The number of sulfonamides is 1. The van der Waals surface area contributed by atoms with Gasteiger partial charge in [0.1, 0.15) is 25.5 Å². The van der Waals surface area contributed by atoms with Gasteiger partial charge in [0.25, 0.3) is 10.0 Å². The van der Waals surface area contributed by atoms with E-state index < -0.39 is 28.5 Å². The number of benzene rings is 3. The molecule has 0 spiro atoms. The average molecular weight is 543 g/mol. The van der Waals surface area contributed by atoms with Crippen molar-refractivity contribution in [2.75, 3.05) is 36.9 Å². The zero-order chi connectivity index (χ0) is 26.4. The molecule has 0 aliphatic carbocycles. The van der Waals surface area contributed by atoms with E-state index in [1.165, 1.54) is 11.8 Å². The van der Waals surface area contributed by atoms with Gasteiger partial charge in [0.2, 0.25) is 5.91 Å². The van der Waals surface area contributed by atoms with Crippen molar-refractivity contribution < 1.29 is 27.4 Å². The predicted octanol–water partition coefficient (Wildman–Crippen LogP) is 4.65. The van der Waals surface area contributed by atoms with Gasteiger partial charge in [-0.3, -0.25) is 9.10 Å². The highest BCUT2D eigenvalue weighted by molar-refractivity contribution is 7.98. The Morgan fingerprint density at radius 1 is 1.05 bits per heavy atom. The number of fused-ring (bicyclic) bond motifs is 1. The van der Waals surface area contributed by atoms with Gasteiger partial charge in [-0.2, -0.15) is 0 Å². The first kappa shape index (κ1) is 26.7. The number of carbonyl (C=O) groups excluding carboxylic acids is 1. The molecule has 0 saturated carbocycles. The molecule has 1 atom stereocenters. The maximum atomic E-state index is 13.8. The van der Waals surface area contributed by atoms with E-state index in [4.69, 9.17) is 14.2 Å². The number of nitrogens with one attached hydrogen (secondary N) is 1. The highest BCUT2D eigenvalue weighted by Crippen LogP contribution is 2.34. The molecule has 3 aromatic rings. The van der Waals surface area contributed by atoms with Crippen LogP contribution in [0.3, 0.4) is 0 Å². The second-order valence-corrected chi connectivity index (χ2v) is 11.0. The lowest BCUT2D eigenvalue weighted by atomic mass is 10.1. The van der Waals surface area contributed by atoms with Crippen molar-refractivity contribution in [3.63, 3.8) is 0 Å². The van der Waals surface area contributed by atoms with Crippen LogP contribution >= 0.6 is 11.8 Å². The van der Waals surface area contributed by atoms with Gasteiger partial charge in [0.15, 0.2) is 11.5 Å². The Morgan fingerprint density at radius 3 is 2.46 bits per heavy atom. The summed E-state index contributed by atoms with van der Waals surface area (Å²) in [5, 5.41) is 2.91. The monoisotopic (exact) mass is 542 g/mol. The van der Waals surface area contributed by atoms with Gasteiger partial charge in [0, 0.05) is 4.90 Å². The molecule has 1 amide bonds. The molecule has 8 nitrogen and oxygen atoms in total. The number of thioether (sulfide) groups is 1. The number of nitrogens with zero attached hydrogens (tertiary/aromatic N) is 1. The van der Waals surface area contributed by atoms with E-state index in [1.807, 2.05) is 32.2 Å². The summed E-state index contributed by atoms with van der Waals surface area (Å²) in [7, 11) is -4.08. The molecule has 0 bridgehead atoms. The van der Waals surface area contributed by atoms with E-state index >= 15 is 0 Å². The zero-order valence-corrected chi connectivity index (χ0v) is 22.6. The second-order valence-electron chi connectivity index (χ2n) is 8.28. The molecule has 1 heterocycles. The molecule has 0 radical (unpaired) electrons. The van der Waals surface area contributed by atoms with Gasteiger partial charge in [-0.15, -0.1) is 11.8 Å². The predicted molar refractivity (Wildman–Crippen MR) is 144 cm³/mol.